The van der Waals surface area contributed by atoms with Crippen molar-refractivity contribution in [1.82, 2.24) is 15.8 Å². The van der Waals surface area contributed by atoms with Crippen LogP contribution in [0.25, 0.3) is 10.9 Å². The van der Waals surface area contributed by atoms with Gasteiger partial charge in [-0.15, -0.1) is 0 Å². The van der Waals surface area contributed by atoms with Crippen molar-refractivity contribution in [1.29, 1.82) is 0 Å². The zero-order valence-corrected chi connectivity index (χ0v) is 10.8. The Kier molecular flexibility index (Phi) is 4.18. The minimum absolute atomic E-state index is 0.172. The van der Waals surface area contributed by atoms with Gasteiger partial charge in [-0.05, 0) is 18.1 Å². The van der Waals surface area contributed by atoms with Gasteiger partial charge in [-0.1, -0.05) is 25.1 Å². The minimum atomic E-state index is -0.228. The summed E-state index contributed by atoms with van der Waals surface area (Å²) in [6.45, 7) is 1.91. The van der Waals surface area contributed by atoms with Crippen LogP contribution >= 0.6 is 0 Å². The highest BCUT2D eigenvalue weighted by molar-refractivity contribution is 5.89. The average molecular weight is 259 g/mol. The van der Waals surface area contributed by atoms with E-state index in [1.807, 2.05) is 37.4 Å². The molecule has 0 saturated heterocycles. The Hall–Kier alpha value is -2.30. The van der Waals surface area contributed by atoms with E-state index < -0.39 is 0 Å². The SMILES string of the molecule is CCCC(=O)NNC(=O)Cc1c[nH]c2ccccc12. The molecule has 2 aromatic rings. The molecule has 0 aliphatic carbocycles. The van der Waals surface area contributed by atoms with Crippen molar-refractivity contribution < 1.29 is 9.59 Å². The third-order valence-electron chi connectivity index (χ3n) is 2.84. The third kappa shape index (κ3) is 3.34. The highest BCUT2D eigenvalue weighted by Gasteiger charge is 2.09. The maximum absolute atomic E-state index is 11.7. The molecule has 0 aliphatic rings. The Morgan fingerprint density at radius 2 is 1.89 bits per heavy atom. The van der Waals surface area contributed by atoms with Gasteiger partial charge in [-0.2, -0.15) is 0 Å². The van der Waals surface area contributed by atoms with Gasteiger partial charge in [0.05, 0.1) is 6.42 Å². The number of nitrogens with one attached hydrogen (secondary N) is 3. The number of carbonyl (C=O) groups excluding carboxylic acids is 2. The summed E-state index contributed by atoms with van der Waals surface area (Å²) in [6.07, 6.45) is 3.21. The molecule has 0 aliphatic heterocycles. The number of aromatic nitrogens is 1. The van der Waals surface area contributed by atoms with Gasteiger partial charge >= 0.3 is 0 Å². The van der Waals surface area contributed by atoms with Gasteiger partial charge in [0.1, 0.15) is 0 Å². The normalized spacial score (nSPS) is 10.4. The molecular formula is C14H17N3O2. The summed E-state index contributed by atoms with van der Waals surface area (Å²) >= 11 is 0. The van der Waals surface area contributed by atoms with E-state index in [9.17, 15) is 9.59 Å². The Labute approximate surface area is 111 Å². The second-order valence-electron chi connectivity index (χ2n) is 4.38. The van der Waals surface area contributed by atoms with E-state index >= 15 is 0 Å². The largest absolute Gasteiger partial charge is 0.361 e. The molecule has 1 aromatic heterocycles. The molecule has 100 valence electrons. The lowest BCUT2D eigenvalue weighted by Crippen LogP contribution is -2.42. The van der Waals surface area contributed by atoms with Gasteiger partial charge in [-0.25, -0.2) is 0 Å². The average Bonchev–Trinajstić information content (AvgIpc) is 2.80. The predicted molar refractivity (Wildman–Crippen MR) is 73.2 cm³/mol. The second-order valence-corrected chi connectivity index (χ2v) is 4.38. The van der Waals surface area contributed by atoms with Crippen LogP contribution in [0.5, 0.6) is 0 Å². The minimum Gasteiger partial charge on any atom is -0.361 e. The van der Waals surface area contributed by atoms with Gasteiger partial charge in [0.15, 0.2) is 0 Å². The fourth-order valence-corrected chi connectivity index (χ4v) is 1.92. The number of hydrogen-bond donors (Lipinski definition) is 3. The van der Waals surface area contributed by atoms with Crippen molar-refractivity contribution in [3.05, 3.63) is 36.0 Å². The Morgan fingerprint density at radius 1 is 1.16 bits per heavy atom. The summed E-state index contributed by atoms with van der Waals surface area (Å²) in [5.74, 6) is -0.399. The van der Waals surface area contributed by atoms with Crippen LogP contribution in [0.15, 0.2) is 30.5 Å². The Bertz CT molecular complexity index is 589. The van der Waals surface area contributed by atoms with E-state index in [0.717, 1.165) is 22.9 Å². The smallest absolute Gasteiger partial charge is 0.242 e. The van der Waals surface area contributed by atoms with Crippen LogP contribution in [0, 0.1) is 0 Å². The molecular weight excluding hydrogens is 242 g/mol. The fourth-order valence-electron chi connectivity index (χ4n) is 1.92. The van der Waals surface area contributed by atoms with E-state index in [2.05, 4.69) is 15.8 Å². The number of hydrazine groups is 1. The van der Waals surface area contributed by atoms with E-state index in [4.69, 9.17) is 0 Å². The lowest BCUT2D eigenvalue weighted by molar-refractivity contribution is -0.128. The van der Waals surface area contributed by atoms with Gasteiger partial charge in [0.2, 0.25) is 11.8 Å². The van der Waals surface area contributed by atoms with Crippen LogP contribution in [0.1, 0.15) is 25.3 Å². The predicted octanol–water partition coefficient (Wildman–Crippen LogP) is 1.66. The van der Waals surface area contributed by atoms with E-state index in [0.29, 0.717) is 6.42 Å². The molecule has 0 radical (unpaired) electrons. The quantitative estimate of drug-likeness (QED) is 0.730. The Balaban J connectivity index is 1.94. The van der Waals surface area contributed by atoms with E-state index in [-0.39, 0.29) is 18.2 Å². The molecule has 2 rings (SSSR count). The summed E-state index contributed by atoms with van der Waals surface area (Å²) in [4.78, 5) is 26.1. The first-order chi connectivity index (χ1) is 9.20. The third-order valence-corrected chi connectivity index (χ3v) is 2.84. The van der Waals surface area contributed by atoms with Crippen LogP contribution in [0.3, 0.4) is 0 Å². The second kappa shape index (κ2) is 6.04. The lowest BCUT2D eigenvalue weighted by Gasteiger charge is -2.06. The van der Waals surface area contributed by atoms with Crippen LogP contribution in [0.2, 0.25) is 0 Å². The molecule has 0 atom stereocenters. The van der Waals surface area contributed by atoms with Crippen molar-refractivity contribution in [2.45, 2.75) is 26.2 Å². The zero-order valence-electron chi connectivity index (χ0n) is 10.8. The van der Waals surface area contributed by atoms with Crippen LogP contribution in [-0.4, -0.2) is 16.8 Å². The van der Waals surface area contributed by atoms with Crippen molar-refractivity contribution in [3.8, 4) is 0 Å². The molecule has 2 amide bonds. The molecule has 0 bridgehead atoms. The molecule has 19 heavy (non-hydrogen) atoms. The van der Waals surface area contributed by atoms with Crippen molar-refractivity contribution >= 4 is 22.7 Å². The molecule has 3 N–H and O–H groups in total. The first kappa shape index (κ1) is 13.1. The summed E-state index contributed by atoms with van der Waals surface area (Å²) in [5.41, 5.74) is 6.73. The number of aromatic amines is 1. The van der Waals surface area contributed by atoms with Crippen LogP contribution in [-0.2, 0) is 16.0 Å². The summed E-state index contributed by atoms with van der Waals surface area (Å²) < 4.78 is 0. The summed E-state index contributed by atoms with van der Waals surface area (Å²) in [7, 11) is 0. The van der Waals surface area contributed by atoms with Gasteiger partial charge in [-0.3, -0.25) is 20.4 Å². The number of benzene rings is 1. The van der Waals surface area contributed by atoms with E-state index in [1.165, 1.54) is 0 Å². The van der Waals surface area contributed by atoms with Gasteiger partial charge < -0.3 is 4.98 Å². The number of rotatable bonds is 4. The maximum atomic E-state index is 11.7. The standard InChI is InChI=1S/C14H17N3O2/c1-2-5-13(18)16-17-14(19)8-10-9-15-12-7-4-3-6-11(10)12/h3-4,6-7,9,15H,2,5,8H2,1H3,(H,16,18)(H,17,19). The summed E-state index contributed by atoms with van der Waals surface area (Å²) in [6, 6.07) is 7.79. The van der Waals surface area contributed by atoms with Gasteiger partial charge in [0.25, 0.3) is 0 Å². The highest BCUT2D eigenvalue weighted by atomic mass is 16.2. The molecule has 0 spiro atoms. The lowest BCUT2D eigenvalue weighted by atomic mass is 10.1. The first-order valence-corrected chi connectivity index (χ1v) is 6.33. The number of hydrogen-bond acceptors (Lipinski definition) is 2. The number of H-pyrrole nitrogens is 1. The number of carbonyl (C=O) groups is 2. The number of para-hydroxylation sites is 1. The number of amides is 2. The van der Waals surface area contributed by atoms with Crippen molar-refractivity contribution in [2.24, 2.45) is 0 Å². The molecule has 1 aromatic carbocycles. The molecule has 0 fully saturated rings. The maximum Gasteiger partial charge on any atom is 0.242 e. The molecule has 1 heterocycles. The summed E-state index contributed by atoms with van der Waals surface area (Å²) in [5, 5.41) is 1.03. The topological polar surface area (TPSA) is 74.0 Å². The number of fused-ring (bicyclic) bond motifs is 1. The Morgan fingerprint density at radius 3 is 2.68 bits per heavy atom. The monoisotopic (exact) mass is 259 g/mol. The van der Waals surface area contributed by atoms with E-state index in [1.54, 1.807) is 0 Å². The van der Waals surface area contributed by atoms with Crippen LogP contribution < -0.4 is 10.9 Å². The van der Waals surface area contributed by atoms with Crippen molar-refractivity contribution in [3.63, 3.8) is 0 Å². The highest BCUT2D eigenvalue weighted by Crippen LogP contribution is 2.17. The molecule has 5 nitrogen and oxygen atoms in total. The zero-order chi connectivity index (χ0) is 13.7. The molecule has 0 unspecified atom stereocenters. The van der Waals surface area contributed by atoms with Crippen molar-refractivity contribution in [2.75, 3.05) is 0 Å². The first-order valence-electron chi connectivity index (χ1n) is 6.33. The molecule has 0 saturated carbocycles. The fraction of sp³-hybridized carbons (Fsp3) is 0.286. The molecule has 5 heteroatoms. The van der Waals surface area contributed by atoms with Crippen LogP contribution in [0.4, 0.5) is 0 Å². The van der Waals surface area contributed by atoms with Gasteiger partial charge in [0, 0.05) is 23.5 Å².